The molecule has 1 aromatic rings. The fraction of sp³-hybridized carbons (Fsp3) is 0.667. The van der Waals surface area contributed by atoms with E-state index in [2.05, 4.69) is 27.4 Å². The zero-order valence-corrected chi connectivity index (χ0v) is 11.8. The lowest BCUT2D eigenvalue weighted by Gasteiger charge is -2.35. The number of aliphatic hydroxyl groups is 1. The molecule has 0 aromatic carbocycles. The maximum absolute atomic E-state index is 10.5. The van der Waals surface area contributed by atoms with E-state index in [-0.39, 0.29) is 0 Å². The molecule has 16 heavy (non-hydrogen) atoms. The average molecular weight is 305 g/mol. The molecule has 0 spiro atoms. The van der Waals surface area contributed by atoms with E-state index in [9.17, 15) is 5.11 Å². The summed E-state index contributed by atoms with van der Waals surface area (Å²) in [5, 5.41) is 12.6. The lowest BCUT2D eigenvalue weighted by atomic mass is 9.81. The first-order valence-corrected chi connectivity index (χ1v) is 7.27. The fourth-order valence-corrected chi connectivity index (χ4v) is 3.90. The molecule has 1 aliphatic carbocycles. The number of methoxy groups -OCH3 is 1. The maximum atomic E-state index is 10.5. The SMILES string of the molecule is COC1CCC(O)(Cc2cc(Br)cs2)CC1. The van der Waals surface area contributed by atoms with Crippen molar-refractivity contribution in [2.24, 2.45) is 0 Å². The summed E-state index contributed by atoms with van der Waals surface area (Å²) in [6.45, 7) is 0. The van der Waals surface area contributed by atoms with Crippen molar-refractivity contribution >= 4 is 27.3 Å². The van der Waals surface area contributed by atoms with Gasteiger partial charge in [0.2, 0.25) is 0 Å². The standard InChI is InChI=1S/C12H17BrO2S/c1-15-10-2-4-12(14,5-3-10)7-11-6-9(13)8-16-11/h6,8,10,14H,2-5,7H2,1H3. The molecule has 0 aliphatic heterocycles. The highest BCUT2D eigenvalue weighted by molar-refractivity contribution is 9.10. The zero-order chi connectivity index (χ0) is 11.6. The monoisotopic (exact) mass is 304 g/mol. The van der Waals surface area contributed by atoms with Gasteiger partial charge < -0.3 is 9.84 Å². The molecule has 1 heterocycles. The Kier molecular flexibility index (Phi) is 4.06. The first-order valence-electron chi connectivity index (χ1n) is 5.59. The first-order chi connectivity index (χ1) is 7.61. The Hall–Kier alpha value is 0.1000. The lowest BCUT2D eigenvalue weighted by molar-refractivity contribution is -0.0423. The molecule has 90 valence electrons. The van der Waals surface area contributed by atoms with Gasteiger partial charge in [-0.3, -0.25) is 0 Å². The molecule has 0 saturated heterocycles. The molecule has 1 fully saturated rings. The predicted molar refractivity (Wildman–Crippen MR) is 69.9 cm³/mol. The minimum atomic E-state index is -0.515. The third-order valence-corrected chi connectivity index (χ3v) is 5.02. The van der Waals surface area contributed by atoms with E-state index in [4.69, 9.17) is 4.74 Å². The second kappa shape index (κ2) is 5.17. The van der Waals surface area contributed by atoms with Gasteiger partial charge >= 0.3 is 0 Å². The van der Waals surface area contributed by atoms with Crippen molar-refractivity contribution in [3.8, 4) is 0 Å². The summed E-state index contributed by atoms with van der Waals surface area (Å²) in [5.74, 6) is 0. The van der Waals surface area contributed by atoms with Crippen LogP contribution in [0.1, 0.15) is 30.6 Å². The Balaban J connectivity index is 1.94. The normalized spacial score (nSPS) is 30.6. The van der Waals surface area contributed by atoms with Crippen molar-refractivity contribution in [3.05, 3.63) is 20.8 Å². The summed E-state index contributed by atoms with van der Waals surface area (Å²) < 4.78 is 6.44. The van der Waals surface area contributed by atoms with Crippen LogP contribution in [0, 0.1) is 0 Å². The van der Waals surface area contributed by atoms with Crippen LogP contribution >= 0.6 is 27.3 Å². The Morgan fingerprint density at radius 1 is 1.56 bits per heavy atom. The molecular weight excluding hydrogens is 288 g/mol. The highest BCUT2D eigenvalue weighted by Crippen LogP contribution is 2.34. The number of hydrogen-bond acceptors (Lipinski definition) is 3. The summed E-state index contributed by atoms with van der Waals surface area (Å²) in [6.07, 6.45) is 4.76. The number of rotatable bonds is 3. The topological polar surface area (TPSA) is 29.5 Å². The van der Waals surface area contributed by atoms with E-state index in [1.165, 1.54) is 4.88 Å². The Morgan fingerprint density at radius 3 is 2.75 bits per heavy atom. The fourth-order valence-electron chi connectivity index (χ4n) is 2.31. The number of thiophene rings is 1. The molecule has 4 heteroatoms. The number of ether oxygens (including phenoxy) is 1. The summed E-state index contributed by atoms with van der Waals surface area (Å²) in [4.78, 5) is 1.25. The number of hydrogen-bond donors (Lipinski definition) is 1. The molecular formula is C12H17BrO2S. The second-order valence-electron chi connectivity index (χ2n) is 4.57. The summed E-state index contributed by atoms with van der Waals surface area (Å²) in [7, 11) is 1.76. The molecule has 0 amide bonds. The molecule has 1 N–H and O–H groups in total. The summed E-state index contributed by atoms with van der Waals surface area (Å²) in [5.41, 5.74) is -0.515. The van der Waals surface area contributed by atoms with Crippen molar-refractivity contribution < 1.29 is 9.84 Å². The Labute approximate surface area is 109 Å². The Bertz CT molecular complexity index is 343. The van der Waals surface area contributed by atoms with Crippen molar-refractivity contribution in [2.75, 3.05) is 7.11 Å². The van der Waals surface area contributed by atoms with E-state index in [1.54, 1.807) is 18.4 Å². The quantitative estimate of drug-likeness (QED) is 0.928. The largest absolute Gasteiger partial charge is 0.390 e. The van der Waals surface area contributed by atoms with Gasteiger partial charge in [0, 0.05) is 28.3 Å². The van der Waals surface area contributed by atoms with E-state index < -0.39 is 5.60 Å². The third-order valence-electron chi connectivity index (χ3n) is 3.32. The van der Waals surface area contributed by atoms with Crippen LogP contribution < -0.4 is 0 Å². The first kappa shape index (κ1) is 12.6. The van der Waals surface area contributed by atoms with E-state index in [0.717, 1.165) is 36.6 Å². The van der Waals surface area contributed by atoms with Crippen molar-refractivity contribution in [2.45, 2.75) is 43.8 Å². The van der Waals surface area contributed by atoms with Gasteiger partial charge in [0.15, 0.2) is 0 Å². The molecule has 1 saturated carbocycles. The van der Waals surface area contributed by atoms with Crippen LogP contribution in [0.15, 0.2) is 15.9 Å². The summed E-state index contributed by atoms with van der Waals surface area (Å²) >= 11 is 5.15. The lowest BCUT2D eigenvalue weighted by Crippen LogP contribution is -2.38. The van der Waals surface area contributed by atoms with Gasteiger partial charge in [0.25, 0.3) is 0 Å². The van der Waals surface area contributed by atoms with Crippen LogP contribution in [0.5, 0.6) is 0 Å². The van der Waals surface area contributed by atoms with Crippen LogP contribution in [0.2, 0.25) is 0 Å². The number of halogens is 1. The molecule has 1 aliphatic rings. The predicted octanol–water partition coefficient (Wildman–Crippen LogP) is 3.37. The minimum absolute atomic E-state index is 0.343. The van der Waals surface area contributed by atoms with Gasteiger partial charge in [-0.15, -0.1) is 11.3 Å². The van der Waals surface area contributed by atoms with Gasteiger partial charge in [-0.2, -0.15) is 0 Å². The van der Waals surface area contributed by atoms with E-state index >= 15 is 0 Å². The average Bonchev–Trinajstić information content (AvgIpc) is 2.64. The smallest absolute Gasteiger partial charge is 0.0697 e. The molecule has 2 rings (SSSR count). The molecule has 1 aromatic heterocycles. The van der Waals surface area contributed by atoms with Crippen LogP contribution in [0.25, 0.3) is 0 Å². The molecule has 2 nitrogen and oxygen atoms in total. The van der Waals surface area contributed by atoms with Crippen LogP contribution in [0.3, 0.4) is 0 Å². The van der Waals surface area contributed by atoms with Gasteiger partial charge in [0.1, 0.15) is 0 Å². The molecule has 0 atom stereocenters. The third kappa shape index (κ3) is 3.06. The minimum Gasteiger partial charge on any atom is -0.390 e. The van der Waals surface area contributed by atoms with Gasteiger partial charge in [-0.1, -0.05) is 0 Å². The molecule has 0 radical (unpaired) electrons. The van der Waals surface area contributed by atoms with Crippen molar-refractivity contribution in [1.29, 1.82) is 0 Å². The molecule has 0 unspecified atom stereocenters. The van der Waals surface area contributed by atoms with Gasteiger partial charge in [0.05, 0.1) is 11.7 Å². The van der Waals surface area contributed by atoms with Crippen LogP contribution in [-0.4, -0.2) is 23.9 Å². The van der Waals surface area contributed by atoms with Gasteiger partial charge in [-0.25, -0.2) is 0 Å². The highest BCUT2D eigenvalue weighted by atomic mass is 79.9. The Morgan fingerprint density at radius 2 is 2.25 bits per heavy atom. The van der Waals surface area contributed by atoms with E-state index in [0.29, 0.717) is 6.10 Å². The zero-order valence-electron chi connectivity index (χ0n) is 9.41. The molecule has 0 bridgehead atoms. The van der Waals surface area contributed by atoms with Gasteiger partial charge in [-0.05, 0) is 47.7 Å². The second-order valence-corrected chi connectivity index (χ2v) is 6.48. The van der Waals surface area contributed by atoms with Crippen molar-refractivity contribution in [1.82, 2.24) is 0 Å². The van der Waals surface area contributed by atoms with E-state index in [1.807, 2.05) is 0 Å². The maximum Gasteiger partial charge on any atom is 0.0697 e. The summed E-state index contributed by atoms with van der Waals surface area (Å²) in [6, 6.07) is 2.10. The van der Waals surface area contributed by atoms with Crippen LogP contribution in [0.4, 0.5) is 0 Å². The highest BCUT2D eigenvalue weighted by Gasteiger charge is 2.33. The van der Waals surface area contributed by atoms with Crippen LogP contribution in [-0.2, 0) is 11.2 Å². The van der Waals surface area contributed by atoms with Crippen molar-refractivity contribution in [3.63, 3.8) is 0 Å².